The summed E-state index contributed by atoms with van der Waals surface area (Å²) in [5, 5.41) is 10.3. The zero-order chi connectivity index (χ0) is 13.5. The highest BCUT2D eigenvalue weighted by molar-refractivity contribution is 7.99. The Kier molecular flexibility index (Phi) is 5.65. The van der Waals surface area contributed by atoms with Gasteiger partial charge in [-0.15, -0.1) is 0 Å². The molecule has 1 unspecified atom stereocenters. The normalized spacial score (nSPS) is 12.9. The molecule has 0 bridgehead atoms. The van der Waals surface area contributed by atoms with E-state index >= 15 is 0 Å². The van der Waals surface area contributed by atoms with Crippen LogP contribution in [-0.4, -0.2) is 48.9 Å². The summed E-state index contributed by atoms with van der Waals surface area (Å²) in [5.41, 5.74) is 1.59. The van der Waals surface area contributed by atoms with Crippen LogP contribution in [0.25, 0.3) is 11.1 Å². The van der Waals surface area contributed by atoms with Crippen LogP contribution >= 0.6 is 11.8 Å². The van der Waals surface area contributed by atoms with E-state index in [-0.39, 0.29) is 6.61 Å². The summed E-state index contributed by atoms with van der Waals surface area (Å²) in [7, 11) is 1.61. The topological polar surface area (TPSA) is 64.7 Å². The van der Waals surface area contributed by atoms with E-state index in [0.29, 0.717) is 24.2 Å². The molecule has 2 rings (SSSR count). The number of nitrogens with zero attached hydrogens (tertiary/aromatic N) is 1. The third-order valence-corrected chi connectivity index (χ3v) is 3.39. The molecule has 0 spiro atoms. The summed E-state index contributed by atoms with van der Waals surface area (Å²) in [4.78, 5) is 4.32. The number of rotatable bonds is 8. The predicted molar refractivity (Wildman–Crippen MR) is 73.4 cm³/mol. The van der Waals surface area contributed by atoms with Crippen LogP contribution in [0, 0.1) is 0 Å². The van der Waals surface area contributed by atoms with Gasteiger partial charge in [-0.25, -0.2) is 4.98 Å². The molecule has 0 fully saturated rings. The van der Waals surface area contributed by atoms with E-state index in [1.807, 2.05) is 24.3 Å². The number of thioether (sulfide) groups is 1. The van der Waals surface area contributed by atoms with Crippen molar-refractivity contribution in [1.29, 1.82) is 0 Å². The van der Waals surface area contributed by atoms with Crippen LogP contribution in [0.2, 0.25) is 0 Å². The van der Waals surface area contributed by atoms with Gasteiger partial charge in [0.05, 0.1) is 25.9 Å². The van der Waals surface area contributed by atoms with Gasteiger partial charge in [0.1, 0.15) is 5.52 Å². The summed E-state index contributed by atoms with van der Waals surface area (Å²) in [6.07, 6.45) is -0.545. The van der Waals surface area contributed by atoms with Crippen molar-refractivity contribution >= 4 is 22.9 Å². The number of benzene rings is 1. The Morgan fingerprint density at radius 3 is 3.00 bits per heavy atom. The van der Waals surface area contributed by atoms with Gasteiger partial charge in [0.2, 0.25) is 0 Å². The molecule has 0 saturated heterocycles. The average Bonchev–Trinajstić information content (AvgIpc) is 2.84. The quantitative estimate of drug-likeness (QED) is 0.590. The second kappa shape index (κ2) is 7.49. The lowest BCUT2D eigenvalue weighted by Crippen LogP contribution is -2.19. The molecule has 19 heavy (non-hydrogen) atoms. The Labute approximate surface area is 115 Å². The van der Waals surface area contributed by atoms with Gasteiger partial charge in [-0.3, -0.25) is 0 Å². The monoisotopic (exact) mass is 283 g/mol. The van der Waals surface area contributed by atoms with Gasteiger partial charge in [0.15, 0.2) is 5.58 Å². The highest BCUT2D eigenvalue weighted by Gasteiger charge is 2.10. The van der Waals surface area contributed by atoms with Gasteiger partial charge in [-0.2, -0.15) is 0 Å². The molecular weight excluding hydrogens is 266 g/mol. The Balaban J connectivity index is 1.75. The van der Waals surface area contributed by atoms with Crippen LogP contribution in [0.3, 0.4) is 0 Å². The van der Waals surface area contributed by atoms with Crippen molar-refractivity contribution < 1.29 is 19.0 Å². The number of hydrogen-bond donors (Lipinski definition) is 1. The lowest BCUT2D eigenvalue weighted by Gasteiger charge is -2.09. The molecule has 0 saturated carbocycles. The number of aliphatic hydroxyl groups excluding tert-OH is 1. The lowest BCUT2D eigenvalue weighted by atomic mass is 10.3. The minimum Gasteiger partial charge on any atom is -0.431 e. The van der Waals surface area contributed by atoms with Crippen molar-refractivity contribution in [2.24, 2.45) is 0 Å². The number of aromatic nitrogens is 1. The molecule has 2 aromatic rings. The summed E-state index contributed by atoms with van der Waals surface area (Å²) in [6, 6.07) is 7.59. The highest BCUT2D eigenvalue weighted by Crippen LogP contribution is 2.23. The zero-order valence-corrected chi connectivity index (χ0v) is 11.6. The van der Waals surface area contributed by atoms with E-state index in [1.165, 1.54) is 11.8 Å². The summed E-state index contributed by atoms with van der Waals surface area (Å²) in [5.74, 6) is 0.486. The van der Waals surface area contributed by atoms with Gasteiger partial charge >= 0.3 is 0 Å². The van der Waals surface area contributed by atoms with Gasteiger partial charge < -0.3 is 19.0 Å². The number of oxazole rings is 1. The number of para-hydroxylation sites is 2. The third kappa shape index (κ3) is 4.50. The molecule has 1 N–H and O–H groups in total. The van der Waals surface area contributed by atoms with Crippen LogP contribution in [0.15, 0.2) is 33.9 Å². The first-order chi connectivity index (χ1) is 9.29. The first-order valence-electron chi connectivity index (χ1n) is 6.02. The number of ether oxygens (including phenoxy) is 2. The van der Waals surface area contributed by atoms with Gasteiger partial charge in [0.25, 0.3) is 5.22 Å². The molecule has 0 aliphatic rings. The molecule has 5 nitrogen and oxygen atoms in total. The number of methoxy groups -OCH3 is 1. The largest absolute Gasteiger partial charge is 0.431 e. The van der Waals surface area contributed by atoms with Crippen molar-refractivity contribution in [3.63, 3.8) is 0 Å². The fraction of sp³-hybridized carbons (Fsp3) is 0.462. The fourth-order valence-electron chi connectivity index (χ4n) is 1.49. The van der Waals surface area contributed by atoms with Crippen LogP contribution in [0.4, 0.5) is 0 Å². The molecule has 0 radical (unpaired) electrons. The van der Waals surface area contributed by atoms with E-state index in [2.05, 4.69) is 4.98 Å². The molecule has 0 aliphatic heterocycles. The van der Waals surface area contributed by atoms with E-state index < -0.39 is 6.10 Å². The van der Waals surface area contributed by atoms with Gasteiger partial charge in [0, 0.05) is 12.9 Å². The average molecular weight is 283 g/mol. The molecule has 1 aromatic carbocycles. The van der Waals surface area contributed by atoms with Crippen molar-refractivity contribution in [3.05, 3.63) is 24.3 Å². The van der Waals surface area contributed by atoms with Crippen molar-refractivity contribution in [1.82, 2.24) is 4.98 Å². The van der Waals surface area contributed by atoms with E-state index in [0.717, 1.165) is 11.1 Å². The molecular formula is C13H17NO4S. The minimum absolute atomic E-state index is 0.288. The second-order valence-electron chi connectivity index (χ2n) is 3.98. The van der Waals surface area contributed by atoms with Gasteiger partial charge in [-0.05, 0) is 12.1 Å². The molecule has 6 heteroatoms. The van der Waals surface area contributed by atoms with E-state index in [1.54, 1.807) is 7.11 Å². The first kappa shape index (κ1) is 14.3. The summed E-state index contributed by atoms with van der Waals surface area (Å²) >= 11 is 1.38. The highest BCUT2D eigenvalue weighted by atomic mass is 32.2. The maximum atomic E-state index is 9.73. The number of aliphatic hydroxyl groups is 1. The van der Waals surface area contributed by atoms with Crippen molar-refractivity contribution in [2.75, 3.05) is 32.7 Å². The number of hydrogen-bond acceptors (Lipinski definition) is 6. The Morgan fingerprint density at radius 2 is 2.21 bits per heavy atom. The Bertz CT molecular complexity index is 469. The molecule has 104 valence electrons. The fourth-order valence-corrected chi connectivity index (χ4v) is 2.23. The zero-order valence-electron chi connectivity index (χ0n) is 10.7. The lowest BCUT2D eigenvalue weighted by molar-refractivity contribution is 0.0218. The van der Waals surface area contributed by atoms with Crippen LogP contribution in [-0.2, 0) is 9.47 Å². The molecule has 1 atom stereocenters. The predicted octanol–water partition coefficient (Wildman–Crippen LogP) is 1.94. The Morgan fingerprint density at radius 1 is 1.37 bits per heavy atom. The standard InChI is InChI=1S/C13H17NO4S/c1-16-6-7-17-8-10(15)9-19-13-14-11-4-2-3-5-12(11)18-13/h2-5,10,15H,6-9H2,1H3. The van der Waals surface area contributed by atoms with E-state index in [9.17, 15) is 5.11 Å². The van der Waals surface area contributed by atoms with Crippen LogP contribution < -0.4 is 0 Å². The second-order valence-corrected chi connectivity index (χ2v) is 4.95. The molecule has 0 amide bonds. The van der Waals surface area contributed by atoms with Crippen molar-refractivity contribution in [3.8, 4) is 0 Å². The van der Waals surface area contributed by atoms with Crippen LogP contribution in [0.1, 0.15) is 0 Å². The first-order valence-corrected chi connectivity index (χ1v) is 7.01. The molecule has 0 aliphatic carbocycles. The van der Waals surface area contributed by atoms with Crippen LogP contribution in [0.5, 0.6) is 0 Å². The molecule has 1 heterocycles. The smallest absolute Gasteiger partial charge is 0.256 e. The number of fused-ring (bicyclic) bond motifs is 1. The Hall–Kier alpha value is -1.08. The minimum atomic E-state index is -0.545. The maximum Gasteiger partial charge on any atom is 0.256 e. The maximum absolute atomic E-state index is 9.73. The van der Waals surface area contributed by atoms with Crippen molar-refractivity contribution in [2.45, 2.75) is 11.3 Å². The van der Waals surface area contributed by atoms with E-state index in [4.69, 9.17) is 13.9 Å². The molecule has 1 aromatic heterocycles. The third-order valence-electron chi connectivity index (χ3n) is 2.42. The SMILES string of the molecule is COCCOCC(O)CSc1nc2ccccc2o1. The summed E-state index contributed by atoms with van der Waals surface area (Å²) in [6.45, 7) is 1.31. The van der Waals surface area contributed by atoms with Gasteiger partial charge in [-0.1, -0.05) is 23.9 Å². The summed E-state index contributed by atoms with van der Waals surface area (Å²) < 4.78 is 15.6.